The Kier molecular flexibility index (Phi) is 4.84. The van der Waals surface area contributed by atoms with Crippen molar-refractivity contribution in [2.45, 2.75) is 31.7 Å². The van der Waals surface area contributed by atoms with Gasteiger partial charge in [0.1, 0.15) is 0 Å². The first-order chi connectivity index (χ1) is 9.63. The highest BCUT2D eigenvalue weighted by Crippen LogP contribution is 2.31. The number of rotatable bonds is 4. The van der Waals surface area contributed by atoms with E-state index in [1.54, 1.807) is 26.4 Å². The Morgan fingerprint density at radius 3 is 2.40 bits per heavy atom. The van der Waals surface area contributed by atoms with E-state index >= 15 is 0 Å². The Hall–Kier alpha value is -1.75. The number of ether oxygens (including phenoxy) is 2. The van der Waals surface area contributed by atoms with Crippen LogP contribution in [0.25, 0.3) is 0 Å². The van der Waals surface area contributed by atoms with Gasteiger partial charge in [0, 0.05) is 23.7 Å². The molecule has 0 spiro atoms. The first kappa shape index (κ1) is 14.7. The highest BCUT2D eigenvalue weighted by Gasteiger charge is 2.24. The highest BCUT2D eigenvalue weighted by atomic mass is 16.5. The lowest BCUT2D eigenvalue weighted by molar-refractivity contribution is -0.120. The van der Waals surface area contributed by atoms with E-state index in [0.717, 1.165) is 31.4 Å². The van der Waals surface area contributed by atoms with Crippen molar-refractivity contribution in [3.05, 3.63) is 18.2 Å². The summed E-state index contributed by atoms with van der Waals surface area (Å²) in [5.74, 6) is 1.37. The summed E-state index contributed by atoms with van der Waals surface area (Å²) in [6, 6.07) is 5.62. The van der Waals surface area contributed by atoms with Crippen molar-refractivity contribution in [1.29, 1.82) is 0 Å². The topological polar surface area (TPSA) is 73.6 Å². The fourth-order valence-corrected chi connectivity index (χ4v) is 2.54. The molecule has 1 fully saturated rings. The van der Waals surface area contributed by atoms with Gasteiger partial charge in [-0.15, -0.1) is 0 Å². The molecule has 0 saturated heterocycles. The summed E-state index contributed by atoms with van der Waals surface area (Å²) in [7, 11) is 3.16. The van der Waals surface area contributed by atoms with E-state index in [1.807, 2.05) is 6.07 Å². The Morgan fingerprint density at radius 1 is 1.15 bits per heavy atom. The smallest absolute Gasteiger partial charge is 0.227 e. The van der Waals surface area contributed by atoms with Gasteiger partial charge in [0.2, 0.25) is 5.91 Å². The Labute approximate surface area is 119 Å². The lowest BCUT2D eigenvalue weighted by Crippen LogP contribution is -2.32. The van der Waals surface area contributed by atoms with E-state index in [0.29, 0.717) is 11.5 Å². The molecule has 5 nitrogen and oxygen atoms in total. The maximum absolute atomic E-state index is 12.2. The van der Waals surface area contributed by atoms with Gasteiger partial charge in [-0.25, -0.2) is 0 Å². The number of carbonyl (C=O) groups is 1. The number of hydrogen-bond acceptors (Lipinski definition) is 4. The van der Waals surface area contributed by atoms with Crippen molar-refractivity contribution in [3.8, 4) is 11.5 Å². The number of nitrogens with one attached hydrogen (secondary N) is 1. The minimum absolute atomic E-state index is 0.0582. The van der Waals surface area contributed by atoms with Gasteiger partial charge in [-0.2, -0.15) is 0 Å². The third-order valence-electron chi connectivity index (χ3n) is 3.79. The highest BCUT2D eigenvalue weighted by molar-refractivity contribution is 5.92. The van der Waals surface area contributed by atoms with Gasteiger partial charge in [0.25, 0.3) is 0 Å². The average Bonchev–Trinajstić information content (AvgIpc) is 2.47. The molecule has 0 bridgehead atoms. The summed E-state index contributed by atoms with van der Waals surface area (Å²) in [4.78, 5) is 12.2. The predicted octanol–water partition coefficient (Wildman–Crippen LogP) is 2.16. The Morgan fingerprint density at radius 2 is 1.80 bits per heavy atom. The molecular weight excluding hydrogens is 256 g/mol. The van der Waals surface area contributed by atoms with Crippen molar-refractivity contribution >= 4 is 11.6 Å². The molecule has 1 aliphatic carbocycles. The van der Waals surface area contributed by atoms with Crippen LogP contribution in [-0.4, -0.2) is 26.2 Å². The molecule has 1 aromatic rings. The van der Waals surface area contributed by atoms with Gasteiger partial charge in [0.05, 0.1) is 14.2 Å². The average molecular weight is 278 g/mol. The summed E-state index contributed by atoms with van der Waals surface area (Å²) < 4.78 is 10.4. The van der Waals surface area contributed by atoms with E-state index < -0.39 is 0 Å². The molecule has 20 heavy (non-hydrogen) atoms. The minimum Gasteiger partial charge on any atom is -0.493 e. The van der Waals surface area contributed by atoms with Gasteiger partial charge >= 0.3 is 0 Å². The summed E-state index contributed by atoms with van der Waals surface area (Å²) in [6.45, 7) is 0. The normalized spacial score (nSPS) is 22.1. The molecule has 2 rings (SSSR count). The molecule has 0 aromatic heterocycles. The van der Waals surface area contributed by atoms with Gasteiger partial charge in [-0.1, -0.05) is 0 Å². The molecule has 1 saturated carbocycles. The van der Waals surface area contributed by atoms with E-state index in [9.17, 15) is 4.79 Å². The van der Waals surface area contributed by atoms with Crippen LogP contribution in [0.5, 0.6) is 11.5 Å². The zero-order valence-electron chi connectivity index (χ0n) is 12.0. The molecule has 0 atom stereocenters. The molecule has 0 unspecified atom stereocenters. The minimum atomic E-state index is 0.0582. The fraction of sp³-hybridized carbons (Fsp3) is 0.533. The van der Waals surface area contributed by atoms with Crippen molar-refractivity contribution in [3.63, 3.8) is 0 Å². The monoisotopic (exact) mass is 278 g/mol. The first-order valence-electron chi connectivity index (χ1n) is 6.92. The van der Waals surface area contributed by atoms with E-state index in [-0.39, 0.29) is 17.9 Å². The number of hydrogen-bond donors (Lipinski definition) is 2. The SMILES string of the molecule is COc1ccc(NC(=O)C2CCC(N)CC2)cc1OC. The van der Waals surface area contributed by atoms with Crippen molar-refractivity contribution in [2.24, 2.45) is 11.7 Å². The Bertz CT molecular complexity index is 468. The van der Waals surface area contributed by atoms with E-state index in [4.69, 9.17) is 15.2 Å². The zero-order chi connectivity index (χ0) is 14.5. The third kappa shape index (κ3) is 3.42. The van der Waals surface area contributed by atoms with Crippen LogP contribution >= 0.6 is 0 Å². The second-order valence-electron chi connectivity index (χ2n) is 5.17. The van der Waals surface area contributed by atoms with Crippen LogP contribution in [0.15, 0.2) is 18.2 Å². The molecule has 110 valence electrons. The number of methoxy groups -OCH3 is 2. The number of benzene rings is 1. The number of amides is 1. The van der Waals surface area contributed by atoms with Gasteiger partial charge in [-0.3, -0.25) is 4.79 Å². The zero-order valence-corrected chi connectivity index (χ0v) is 12.0. The quantitative estimate of drug-likeness (QED) is 0.885. The molecule has 1 aromatic carbocycles. The predicted molar refractivity (Wildman–Crippen MR) is 78.1 cm³/mol. The van der Waals surface area contributed by atoms with Crippen molar-refractivity contribution in [2.75, 3.05) is 19.5 Å². The molecular formula is C15H22N2O3. The van der Waals surface area contributed by atoms with Crippen LogP contribution in [0.4, 0.5) is 5.69 Å². The fourth-order valence-electron chi connectivity index (χ4n) is 2.54. The molecule has 5 heteroatoms. The van der Waals surface area contributed by atoms with Gasteiger partial charge in [-0.05, 0) is 37.8 Å². The lowest BCUT2D eigenvalue weighted by Gasteiger charge is -2.25. The largest absolute Gasteiger partial charge is 0.493 e. The van der Waals surface area contributed by atoms with Crippen LogP contribution in [0.2, 0.25) is 0 Å². The van der Waals surface area contributed by atoms with Crippen LogP contribution in [0.3, 0.4) is 0 Å². The maximum atomic E-state index is 12.2. The van der Waals surface area contributed by atoms with Crippen molar-refractivity contribution < 1.29 is 14.3 Å². The second kappa shape index (κ2) is 6.61. The summed E-state index contributed by atoms with van der Waals surface area (Å²) in [6.07, 6.45) is 3.56. The number of carbonyl (C=O) groups excluding carboxylic acids is 1. The molecule has 0 aliphatic heterocycles. The molecule has 0 radical (unpaired) electrons. The van der Waals surface area contributed by atoms with Crippen LogP contribution < -0.4 is 20.5 Å². The number of nitrogens with two attached hydrogens (primary N) is 1. The molecule has 3 N–H and O–H groups in total. The van der Waals surface area contributed by atoms with E-state index in [1.165, 1.54) is 0 Å². The van der Waals surface area contributed by atoms with E-state index in [2.05, 4.69) is 5.32 Å². The molecule has 1 aliphatic rings. The molecule has 1 amide bonds. The summed E-state index contributed by atoms with van der Waals surface area (Å²) in [5, 5.41) is 2.94. The first-order valence-corrected chi connectivity index (χ1v) is 6.92. The maximum Gasteiger partial charge on any atom is 0.227 e. The van der Waals surface area contributed by atoms with Crippen molar-refractivity contribution in [1.82, 2.24) is 0 Å². The van der Waals surface area contributed by atoms with Crippen LogP contribution in [-0.2, 0) is 4.79 Å². The lowest BCUT2D eigenvalue weighted by atomic mass is 9.86. The molecule has 0 heterocycles. The van der Waals surface area contributed by atoms with Crippen LogP contribution in [0.1, 0.15) is 25.7 Å². The standard InChI is InChI=1S/C15H22N2O3/c1-19-13-8-7-12(9-14(13)20-2)17-15(18)10-3-5-11(16)6-4-10/h7-11H,3-6,16H2,1-2H3,(H,17,18). The Balaban J connectivity index is 2.00. The van der Waals surface area contributed by atoms with Crippen LogP contribution in [0, 0.1) is 5.92 Å². The number of anilines is 1. The van der Waals surface area contributed by atoms with Gasteiger partial charge < -0.3 is 20.5 Å². The third-order valence-corrected chi connectivity index (χ3v) is 3.79. The summed E-state index contributed by atoms with van der Waals surface area (Å²) in [5.41, 5.74) is 6.58. The summed E-state index contributed by atoms with van der Waals surface area (Å²) >= 11 is 0. The second-order valence-corrected chi connectivity index (χ2v) is 5.17. The van der Waals surface area contributed by atoms with Gasteiger partial charge in [0.15, 0.2) is 11.5 Å².